The molecule has 1 aromatic carbocycles. The average molecular weight is 421 g/mol. The fourth-order valence-electron chi connectivity index (χ4n) is 3.63. The predicted octanol–water partition coefficient (Wildman–Crippen LogP) is 4.78. The molecule has 3 heterocycles. The Morgan fingerprint density at radius 1 is 1.24 bits per heavy atom. The zero-order valence-corrected chi connectivity index (χ0v) is 16.4. The van der Waals surface area contributed by atoms with Crippen LogP contribution in [0.15, 0.2) is 17.5 Å². The van der Waals surface area contributed by atoms with Gasteiger partial charge in [-0.15, -0.1) is 11.3 Å². The Bertz CT molecular complexity index is 1100. The smallest absolute Gasteiger partial charge is 0.303 e. The van der Waals surface area contributed by atoms with Gasteiger partial charge in [0.25, 0.3) is 0 Å². The lowest BCUT2D eigenvalue weighted by atomic mass is 10.0. The number of carboxylic acid groups (broad SMARTS) is 1. The van der Waals surface area contributed by atoms with E-state index in [9.17, 15) is 18.0 Å². The van der Waals surface area contributed by atoms with Crippen LogP contribution in [0.3, 0.4) is 0 Å². The minimum Gasteiger partial charge on any atom is -0.481 e. The molecule has 0 spiro atoms. The number of hydrogen-bond acceptors (Lipinski definition) is 5. The van der Waals surface area contributed by atoms with Gasteiger partial charge in [-0.1, -0.05) is 0 Å². The van der Waals surface area contributed by atoms with Gasteiger partial charge in [-0.2, -0.15) is 0 Å². The van der Waals surface area contributed by atoms with Crippen molar-refractivity contribution in [2.45, 2.75) is 26.2 Å². The van der Waals surface area contributed by atoms with Gasteiger partial charge in [0.15, 0.2) is 23.3 Å². The Labute approximate surface area is 168 Å². The molecule has 152 valence electrons. The monoisotopic (exact) mass is 421 g/mol. The lowest BCUT2D eigenvalue weighted by Crippen LogP contribution is -2.21. The van der Waals surface area contributed by atoms with Crippen LogP contribution in [-0.4, -0.2) is 34.1 Å². The van der Waals surface area contributed by atoms with Crippen molar-refractivity contribution in [3.63, 3.8) is 0 Å². The van der Waals surface area contributed by atoms with E-state index in [2.05, 4.69) is 9.97 Å². The van der Waals surface area contributed by atoms with E-state index >= 15 is 0 Å². The van der Waals surface area contributed by atoms with E-state index < -0.39 is 23.4 Å². The van der Waals surface area contributed by atoms with Crippen molar-refractivity contribution < 1.29 is 23.1 Å². The molecule has 1 aliphatic rings. The molecular weight excluding hydrogens is 403 g/mol. The Balaban J connectivity index is 1.75. The molecule has 4 rings (SSSR count). The van der Waals surface area contributed by atoms with E-state index in [1.807, 2.05) is 17.2 Å². The number of fused-ring (bicyclic) bond motifs is 1. The van der Waals surface area contributed by atoms with Gasteiger partial charge in [0.2, 0.25) is 0 Å². The molecule has 1 aliphatic heterocycles. The molecule has 0 aliphatic carbocycles. The van der Waals surface area contributed by atoms with Crippen molar-refractivity contribution in [3.8, 4) is 11.4 Å². The summed E-state index contributed by atoms with van der Waals surface area (Å²) in [6, 6.07) is 1.27. The molecule has 1 unspecified atom stereocenters. The van der Waals surface area contributed by atoms with Crippen LogP contribution in [0.2, 0.25) is 0 Å². The summed E-state index contributed by atoms with van der Waals surface area (Å²) >= 11 is 1.47. The van der Waals surface area contributed by atoms with E-state index in [0.717, 1.165) is 22.8 Å². The van der Waals surface area contributed by atoms with Gasteiger partial charge in [-0.05, 0) is 42.7 Å². The molecule has 5 nitrogen and oxygen atoms in total. The zero-order valence-electron chi connectivity index (χ0n) is 15.6. The molecule has 1 saturated heterocycles. The summed E-state index contributed by atoms with van der Waals surface area (Å²) in [7, 11) is 0. The second kappa shape index (κ2) is 7.62. The van der Waals surface area contributed by atoms with Crippen molar-refractivity contribution in [3.05, 3.63) is 40.5 Å². The summed E-state index contributed by atoms with van der Waals surface area (Å²) in [5.74, 6) is -3.34. The molecule has 3 aromatic rings. The molecule has 2 aromatic heterocycles. The van der Waals surface area contributed by atoms with Gasteiger partial charge in [0, 0.05) is 25.6 Å². The number of rotatable bonds is 5. The predicted molar refractivity (Wildman–Crippen MR) is 105 cm³/mol. The van der Waals surface area contributed by atoms with Crippen LogP contribution in [-0.2, 0) is 4.79 Å². The number of carboxylic acids is 1. The highest BCUT2D eigenvalue weighted by atomic mass is 32.1. The van der Waals surface area contributed by atoms with E-state index in [1.54, 1.807) is 0 Å². The van der Waals surface area contributed by atoms with Crippen LogP contribution in [0.5, 0.6) is 0 Å². The van der Waals surface area contributed by atoms with Crippen molar-refractivity contribution in [2.24, 2.45) is 5.92 Å². The highest BCUT2D eigenvalue weighted by Gasteiger charge is 2.27. The highest BCUT2D eigenvalue weighted by Crippen LogP contribution is 2.37. The Morgan fingerprint density at radius 3 is 2.76 bits per heavy atom. The maximum Gasteiger partial charge on any atom is 0.303 e. The molecule has 1 N–H and O–H groups in total. The normalized spacial score (nSPS) is 16.7. The number of anilines is 1. The molecule has 1 fully saturated rings. The van der Waals surface area contributed by atoms with Crippen LogP contribution >= 0.6 is 11.3 Å². The third-order valence-corrected chi connectivity index (χ3v) is 6.26. The van der Waals surface area contributed by atoms with E-state index in [-0.39, 0.29) is 23.7 Å². The highest BCUT2D eigenvalue weighted by molar-refractivity contribution is 7.18. The Kier molecular flexibility index (Phi) is 5.16. The molecule has 29 heavy (non-hydrogen) atoms. The van der Waals surface area contributed by atoms with Gasteiger partial charge in [-0.3, -0.25) is 4.79 Å². The number of carbonyl (C=O) groups is 1. The standard InChI is InChI=1S/C20H18F3N3O2S/c1-10-9-29-18-17(10)24-19(12-6-14(22)15(23)7-13(12)21)25-20(18)26-5-4-11(8-26)2-3-16(27)28/h6-7,9,11H,2-5,8H2,1H3,(H,27,28). The van der Waals surface area contributed by atoms with Gasteiger partial charge >= 0.3 is 5.97 Å². The average Bonchev–Trinajstić information content (AvgIpc) is 3.29. The van der Waals surface area contributed by atoms with Crippen molar-refractivity contribution >= 4 is 33.3 Å². The summed E-state index contributed by atoms with van der Waals surface area (Å²) in [4.78, 5) is 21.8. The molecule has 0 radical (unpaired) electrons. The minimum absolute atomic E-state index is 0.000569. The minimum atomic E-state index is -1.26. The topological polar surface area (TPSA) is 66.3 Å². The molecule has 1 atom stereocenters. The summed E-state index contributed by atoms with van der Waals surface area (Å²) in [5, 5.41) is 10.8. The molecule has 0 bridgehead atoms. The van der Waals surface area contributed by atoms with Crippen LogP contribution in [0.1, 0.15) is 24.8 Å². The summed E-state index contributed by atoms with van der Waals surface area (Å²) in [5.41, 5.74) is 1.34. The third-order valence-electron chi connectivity index (χ3n) is 5.18. The van der Waals surface area contributed by atoms with Crippen LogP contribution in [0, 0.1) is 30.3 Å². The largest absolute Gasteiger partial charge is 0.481 e. The van der Waals surface area contributed by atoms with E-state index in [0.29, 0.717) is 36.9 Å². The Hall–Kier alpha value is -2.68. The fourth-order valence-corrected chi connectivity index (χ4v) is 4.64. The molecule has 9 heteroatoms. The van der Waals surface area contributed by atoms with E-state index in [1.165, 1.54) is 11.3 Å². The van der Waals surface area contributed by atoms with Crippen LogP contribution in [0.4, 0.5) is 19.0 Å². The van der Waals surface area contributed by atoms with Crippen molar-refractivity contribution in [2.75, 3.05) is 18.0 Å². The van der Waals surface area contributed by atoms with Crippen LogP contribution in [0.25, 0.3) is 21.6 Å². The number of thiophene rings is 1. The first-order chi connectivity index (χ1) is 13.8. The summed E-state index contributed by atoms with van der Waals surface area (Å²) in [6.45, 7) is 3.20. The quantitative estimate of drug-likeness (QED) is 0.601. The number of halogens is 3. The zero-order chi connectivity index (χ0) is 20.7. The van der Waals surface area contributed by atoms with Crippen molar-refractivity contribution in [1.29, 1.82) is 0 Å². The number of benzene rings is 1. The maximum atomic E-state index is 14.3. The number of aromatic nitrogens is 2. The SMILES string of the molecule is Cc1csc2c(N3CCC(CCC(=O)O)C3)nc(-c3cc(F)c(F)cc3F)nc12. The summed E-state index contributed by atoms with van der Waals surface area (Å²) in [6.07, 6.45) is 1.52. The third kappa shape index (κ3) is 3.78. The number of aliphatic carboxylic acids is 1. The number of nitrogens with zero attached hydrogens (tertiary/aromatic N) is 3. The Morgan fingerprint density at radius 2 is 2.00 bits per heavy atom. The summed E-state index contributed by atoms with van der Waals surface area (Å²) < 4.78 is 42.2. The van der Waals surface area contributed by atoms with Crippen molar-refractivity contribution in [1.82, 2.24) is 9.97 Å². The first kappa shape index (κ1) is 19.6. The molecular formula is C20H18F3N3O2S. The number of aryl methyl sites for hydroxylation is 1. The second-order valence-corrected chi connectivity index (χ2v) is 8.13. The molecule has 0 saturated carbocycles. The lowest BCUT2D eigenvalue weighted by Gasteiger charge is -2.19. The first-order valence-corrected chi connectivity index (χ1v) is 10.1. The number of hydrogen-bond donors (Lipinski definition) is 1. The van der Waals surface area contributed by atoms with E-state index in [4.69, 9.17) is 5.11 Å². The van der Waals surface area contributed by atoms with Gasteiger partial charge < -0.3 is 10.0 Å². The molecule has 0 amide bonds. The second-order valence-electron chi connectivity index (χ2n) is 7.25. The van der Waals surface area contributed by atoms with Gasteiger partial charge in [0.05, 0.1) is 15.8 Å². The lowest BCUT2D eigenvalue weighted by molar-refractivity contribution is -0.137. The van der Waals surface area contributed by atoms with Crippen LogP contribution < -0.4 is 4.90 Å². The fraction of sp³-hybridized carbons (Fsp3) is 0.350. The van der Waals surface area contributed by atoms with Gasteiger partial charge in [0.1, 0.15) is 5.82 Å². The first-order valence-electron chi connectivity index (χ1n) is 9.21. The maximum absolute atomic E-state index is 14.3. The van der Waals surface area contributed by atoms with Gasteiger partial charge in [-0.25, -0.2) is 23.1 Å².